The number of ether oxygens (including phenoxy) is 3. The van der Waals surface area contributed by atoms with Gasteiger partial charge in [0, 0.05) is 26.7 Å². The fourth-order valence-corrected chi connectivity index (χ4v) is 1.04. The van der Waals surface area contributed by atoms with Crippen LogP contribution in [0.1, 0.15) is 0 Å². The molecule has 0 aromatic heterocycles. The van der Waals surface area contributed by atoms with Gasteiger partial charge in [0.25, 0.3) is 0 Å². The number of nitrogens with one attached hydrogen (secondary N) is 1. The molecule has 1 N–H and O–H groups in total. The summed E-state index contributed by atoms with van der Waals surface area (Å²) in [6, 6.07) is 0. The van der Waals surface area contributed by atoms with Gasteiger partial charge in [-0.1, -0.05) is 0 Å². The summed E-state index contributed by atoms with van der Waals surface area (Å²) in [6.45, 7) is 6.26. The molecule has 16 heavy (non-hydrogen) atoms. The van der Waals surface area contributed by atoms with Gasteiger partial charge in [0.2, 0.25) is 0 Å². The average Bonchev–Trinajstić information content (AvgIpc) is 2.25. The van der Waals surface area contributed by atoms with E-state index in [2.05, 4.69) is 24.3 Å². The molecule has 0 radical (unpaired) electrons. The minimum absolute atomic E-state index is 0.640. The van der Waals surface area contributed by atoms with Gasteiger partial charge < -0.3 is 24.4 Å². The molecule has 0 fully saturated rings. The molecule has 5 heteroatoms. The van der Waals surface area contributed by atoms with Gasteiger partial charge in [0.1, 0.15) is 0 Å². The van der Waals surface area contributed by atoms with Crippen LogP contribution in [0.3, 0.4) is 0 Å². The zero-order chi connectivity index (χ0) is 12.1. The smallest absolute Gasteiger partial charge is 0.0701 e. The van der Waals surface area contributed by atoms with Crippen LogP contribution in [-0.2, 0) is 14.2 Å². The summed E-state index contributed by atoms with van der Waals surface area (Å²) >= 11 is 0. The standard InChI is InChI=1S/C11H26N2O3/c1-13(2)6-4-12-5-7-15-10-11-16-9-8-14-3/h12H,4-11H2,1-3H3. The molecule has 0 aromatic rings. The van der Waals surface area contributed by atoms with E-state index in [9.17, 15) is 0 Å². The van der Waals surface area contributed by atoms with E-state index >= 15 is 0 Å². The van der Waals surface area contributed by atoms with Crippen molar-refractivity contribution < 1.29 is 14.2 Å². The highest BCUT2D eigenvalue weighted by atomic mass is 16.5. The molecular formula is C11H26N2O3. The molecule has 0 saturated heterocycles. The van der Waals surface area contributed by atoms with Crippen molar-refractivity contribution in [2.75, 3.05) is 73.9 Å². The minimum Gasteiger partial charge on any atom is -0.382 e. The van der Waals surface area contributed by atoms with Crippen LogP contribution in [0.25, 0.3) is 0 Å². The van der Waals surface area contributed by atoms with Crippen molar-refractivity contribution in [2.45, 2.75) is 0 Å². The summed E-state index contributed by atoms with van der Waals surface area (Å²) in [7, 11) is 5.80. The quantitative estimate of drug-likeness (QED) is 0.474. The van der Waals surface area contributed by atoms with Crippen LogP contribution >= 0.6 is 0 Å². The maximum atomic E-state index is 5.38. The number of rotatable bonds is 12. The molecule has 0 spiro atoms. The third kappa shape index (κ3) is 13.8. The number of hydrogen-bond acceptors (Lipinski definition) is 5. The van der Waals surface area contributed by atoms with E-state index in [0.717, 1.165) is 26.2 Å². The molecule has 0 amide bonds. The molecule has 0 aliphatic heterocycles. The summed E-state index contributed by atoms with van der Waals surface area (Å²) in [6.07, 6.45) is 0. The molecule has 0 aromatic carbocycles. The van der Waals surface area contributed by atoms with Crippen LogP contribution in [0.4, 0.5) is 0 Å². The maximum Gasteiger partial charge on any atom is 0.0701 e. The topological polar surface area (TPSA) is 43.0 Å². The van der Waals surface area contributed by atoms with Crippen LogP contribution < -0.4 is 5.32 Å². The molecule has 98 valence electrons. The van der Waals surface area contributed by atoms with Crippen molar-refractivity contribution in [2.24, 2.45) is 0 Å². The lowest BCUT2D eigenvalue weighted by atomic mass is 10.5. The number of nitrogens with zero attached hydrogens (tertiary/aromatic N) is 1. The molecular weight excluding hydrogens is 208 g/mol. The van der Waals surface area contributed by atoms with Crippen LogP contribution in [0.15, 0.2) is 0 Å². The van der Waals surface area contributed by atoms with E-state index in [4.69, 9.17) is 14.2 Å². The first kappa shape index (κ1) is 15.8. The molecule has 0 saturated carbocycles. The lowest BCUT2D eigenvalue weighted by Crippen LogP contribution is -2.29. The second-order valence-corrected chi connectivity index (χ2v) is 3.77. The first-order valence-electron chi connectivity index (χ1n) is 5.77. The highest BCUT2D eigenvalue weighted by Gasteiger charge is 1.91. The zero-order valence-electron chi connectivity index (χ0n) is 10.8. The van der Waals surface area contributed by atoms with Crippen molar-refractivity contribution >= 4 is 0 Å². The molecule has 0 unspecified atom stereocenters. The molecule has 0 bridgehead atoms. The van der Waals surface area contributed by atoms with Gasteiger partial charge in [-0.15, -0.1) is 0 Å². The molecule has 0 heterocycles. The molecule has 0 aliphatic rings. The summed E-state index contributed by atoms with van der Waals surface area (Å²) in [5, 5.41) is 3.30. The number of methoxy groups -OCH3 is 1. The summed E-state index contributed by atoms with van der Waals surface area (Å²) in [5.74, 6) is 0. The Morgan fingerprint density at radius 3 is 2.12 bits per heavy atom. The van der Waals surface area contributed by atoms with E-state index in [1.54, 1.807) is 7.11 Å². The Bertz CT molecular complexity index is 134. The van der Waals surface area contributed by atoms with Crippen LogP contribution in [0, 0.1) is 0 Å². The fraction of sp³-hybridized carbons (Fsp3) is 1.00. The Kier molecular flexibility index (Phi) is 12.7. The Morgan fingerprint density at radius 2 is 1.50 bits per heavy atom. The van der Waals surface area contributed by atoms with Gasteiger partial charge in [0.15, 0.2) is 0 Å². The molecule has 0 atom stereocenters. The number of likely N-dealkylation sites (N-methyl/N-ethyl adjacent to an activating group) is 1. The van der Waals surface area contributed by atoms with Gasteiger partial charge >= 0.3 is 0 Å². The van der Waals surface area contributed by atoms with Crippen molar-refractivity contribution in [3.63, 3.8) is 0 Å². The Labute approximate surface area is 99.0 Å². The average molecular weight is 234 g/mol. The maximum absolute atomic E-state index is 5.38. The first-order valence-corrected chi connectivity index (χ1v) is 5.77. The fourth-order valence-electron chi connectivity index (χ4n) is 1.04. The molecule has 5 nitrogen and oxygen atoms in total. The lowest BCUT2D eigenvalue weighted by molar-refractivity contribution is 0.0256. The van der Waals surface area contributed by atoms with E-state index in [1.165, 1.54) is 0 Å². The SMILES string of the molecule is COCCOCCOCCNCCN(C)C. The van der Waals surface area contributed by atoms with Crippen molar-refractivity contribution in [1.29, 1.82) is 0 Å². The third-order valence-electron chi connectivity index (χ3n) is 1.96. The van der Waals surface area contributed by atoms with Crippen LogP contribution in [-0.4, -0.2) is 78.8 Å². The predicted molar refractivity (Wildman–Crippen MR) is 64.9 cm³/mol. The van der Waals surface area contributed by atoms with E-state index in [0.29, 0.717) is 26.4 Å². The first-order chi connectivity index (χ1) is 7.77. The van der Waals surface area contributed by atoms with Gasteiger partial charge in [-0.05, 0) is 14.1 Å². The highest BCUT2D eigenvalue weighted by molar-refractivity contribution is 4.49. The number of hydrogen-bond donors (Lipinski definition) is 1. The Hall–Kier alpha value is -0.200. The second-order valence-electron chi connectivity index (χ2n) is 3.77. The van der Waals surface area contributed by atoms with Crippen molar-refractivity contribution in [1.82, 2.24) is 10.2 Å². The van der Waals surface area contributed by atoms with E-state index in [1.807, 2.05) is 0 Å². The van der Waals surface area contributed by atoms with Gasteiger partial charge in [-0.3, -0.25) is 0 Å². The summed E-state index contributed by atoms with van der Waals surface area (Å²) in [4.78, 5) is 2.15. The van der Waals surface area contributed by atoms with Gasteiger partial charge in [-0.25, -0.2) is 0 Å². The van der Waals surface area contributed by atoms with Gasteiger partial charge in [0.05, 0.1) is 33.0 Å². The summed E-state index contributed by atoms with van der Waals surface area (Å²) in [5.41, 5.74) is 0. The lowest BCUT2D eigenvalue weighted by Gasteiger charge is -2.10. The van der Waals surface area contributed by atoms with Gasteiger partial charge in [-0.2, -0.15) is 0 Å². The monoisotopic (exact) mass is 234 g/mol. The Morgan fingerprint density at radius 1 is 0.875 bits per heavy atom. The largest absolute Gasteiger partial charge is 0.382 e. The second kappa shape index (κ2) is 12.9. The van der Waals surface area contributed by atoms with Crippen molar-refractivity contribution in [3.05, 3.63) is 0 Å². The van der Waals surface area contributed by atoms with Crippen LogP contribution in [0.2, 0.25) is 0 Å². The zero-order valence-corrected chi connectivity index (χ0v) is 10.8. The van der Waals surface area contributed by atoms with Crippen LogP contribution in [0.5, 0.6) is 0 Å². The third-order valence-corrected chi connectivity index (χ3v) is 1.96. The van der Waals surface area contributed by atoms with E-state index in [-0.39, 0.29) is 0 Å². The van der Waals surface area contributed by atoms with Crippen molar-refractivity contribution in [3.8, 4) is 0 Å². The molecule has 0 aliphatic carbocycles. The highest BCUT2D eigenvalue weighted by Crippen LogP contribution is 1.79. The molecule has 0 rings (SSSR count). The Balaban J connectivity index is 2.88. The normalized spacial score (nSPS) is 11.2. The summed E-state index contributed by atoms with van der Waals surface area (Å²) < 4.78 is 15.5. The predicted octanol–water partition coefficient (Wildman–Crippen LogP) is -0.183. The minimum atomic E-state index is 0.640. The van der Waals surface area contributed by atoms with E-state index < -0.39 is 0 Å².